The summed E-state index contributed by atoms with van der Waals surface area (Å²) >= 11 is 1.55. The quantitative estimate of drug-likeness (QED) is 0.703. The Hall–Kier alpha value is -1.87. The van der Waals surface area contributed by atoms with E-state index in [1.165, 1.54) is 11.1 Å². The zero-order valence-corrected chi connectivity index (χ0v) is 13.2. The molecule has 2 nitrogen and oxygen atoms in total. The summed E-state index contributed by atoms with van der Waals surface area (Å²) in [6.07, 6.45) is 1.05. The second kappa shape index (κ2) is 5.86. The van der Waals surface area contributed by atoms with Crippen molar-refractivity contribution >= 4 is 21.6 Å². The highest BCUT2D eigenvalue weighted by Crippen LogP contribution is 2.19. The van der Waals surface area contributed by atoms with Crippen LogP contribution in [0.2, 0.25) is 0 Å². The van der Waals surface area contributed by atoms with Crippen molar-refractivity contribution in [3.8, 4) is 0 Å². The molecule has 3 heteroatoms. The highest BCUT2D eigenvalue weighted by Gasteiger charge is 2.10. The topological polar surface area (TPSA) is 22.0 Å². The van der Waals surface area contributed by atoms with Gasteiger partial charge >= 0.3 is 0 Å². The Morgan fingerprint density at radius 2 is 1.67 bits per heavy atom. The average Bonchev–Trinajstić information content (AvgIpc) is 2.78. The predicted molar refractivity (Wildman–Crippen MR) is 90.2 cm³/mol. The summed E-state index contributed by atoms with van der Waals surface area (Å²) in [6.45, 7) is 5.12. The zero-order valence-electron chi connectivity index (χ0n) is 12.4. The molecule has 3 rings (SSSR count). The van der Waals surface area contributed by atoms with Crippen molar-refractivity contribution < 1.29 is 0 Å². The molecule has 3 aromatic rings. The highest BCUT2D eigenvalue weighted by atomic mass is 32.1. The van der Waals surface area contributed by atoms with Crippen LogP contribution in [0.25, 0.3) is 10.1 Å². The van der Waals surface area contributed by atoms with Gasteiger partial charge in [0.1, 0.15) is 0 Å². The van der Waals surface area contributed by atoms with Gasteiger partial charge in [0.2, 0.25) is 0 Å². The summed E-state index contributed by atoms with van der Waals surface area (Å²) in [5, 5.41) is 0.823. The van der Waals surface area contributed by atoms with E-state index < -0.39 is 0 Å². The first-order valence-electron chi connectivity index (χ1n) is 7.31. The maximum absolute atomic E-state index is 12.4. The smallest absolute Gasteiger partial charge is 0.268 e. The van der Waals surface area contributed by atoms with Gasteiger partial charge in [0, 0.05) is 0 Å². The number of hydrogen-bond donors (Lipinski definition) is 0. The molecule has 0 N–H and O–H groups in total. The molecule has 0 spiro atoms. The van der Waals surface area contributed by atoms with E-state index in [-0.39, 0.29) is 5.56 Å². The van der Waals surface area contributed by atoms with E-state index in [9.17, 15) is 4.79 Å². The molecule has 0 saturated heterocycles. The lowest BCUT2D eigenvalue weighted by Crippen LogP contribution is -2.15. The summed E-state index contributed by atoms with van der Waals surface area (Å²) in [7, 11) is 0. The van der Waals surface area contributed by atoms with Crippen molar-refractivity contribution in [1.29, 1.82) is 0 Å². The molecule has 0 saturated carbocycles. The standard InChI is InChI=1S/C18H19NOS/c1-13(2)11-14-7-3-4-8-15(14)12-19-18(20)16-9-5-6-10-17(16)21-19/h3-10,13H,11-12H2,1-2H3. The fourth-order valence-electron chi connectivity index (χ4n) is 2.63. The minimum absolute atomic E-state index is 0.120. The average molecular weight is 297 g/mol. The Bertz CT molecular complexity index is 813. The van der Waals surface area contributed by atoms with Crippen LogP contribution in [0.3, 0.4) is 0 Å². The summed E-state index contributed by atoms with van der Waals surface area (Å²) in [4.78, 5) is 12.4. The van der Waals surface area contributed by atoms with Gasteiger partial charge in [-0.3, -0.25) is 8.75 Å². The lowest BCUT2D eigenvalue weighted by molar-refractivity contribution is 0.640. The first-order valence-corrected chi connectivity index (χ1v) is 8.08. The Labute approximate surface area is 128 Å². The molecule has 0 bridgehead atoms. The number of hydrogen-bond acceptors (Lipinski definition) is 2. The Kier molecular flexibility index (Phi) is 3.93. The molecule has 108 valence electrons. The lowest BCUT2D eigenvalue weighted by atomic mass is 9.98. The van der Waals surface area contributed by atoms with E-state index in [1.807, 2.05) is 28.2 Å². The van der Waals surface area contributed by atoms with E-state index in [2.05, 4.69) is 38.1 Å². The third kappa shape index (κ3) is 2.93. The van der Waals surface area contributed by atoms with E-state index in [0.29, 0.717) is 12.5 Å². The molecule has 21 heavy (non-hydrogen) atoms. The molecule has 0 aliphatic rings. The van der Waals surface area contributed by atoms with Crippen LogP contribution in [0, 0.1) is 5.92 Å². The monoisotopic (exact) mass is 297 g/mol. The third-order valence-electron chi connectivity index (χ3n) is 3.61. The lowest BCUT2D eigenvalue weighted by Gasteiger charge is -2.11. The first kappa shape index (κ1) is 14.1. The predicted octanol–water partition coefficient (Wildman–Crippen LogP) is 4.31. The molecule has 1 heterocycles. The van der Waals surface area contributed by atoms with Gasteiger partial charge in [0.15, 0.2) is 0 Å². The Morgan fingerprint density at radius 1 is 1.00 bits per heavy atom. The third-order valence-corrected chi connectivity index (χ3v) is 4.68. The van der Waals surface area contributed by atoms with Gasteiger partial charge in [-0.25, -0.2) is 0 Å². The van der Waals surface area contributed by atoms with Crippen molar-refractivity contribution in [3.05, 3.63) is 70.0 Å². The summed E-state index contributed by atoms with van der Waals surface area (Å²) in [6, 6.07) is 16.3. The van der Waals surface area contributed by atoms with Crippen molar-refractivity contribution in [3.63, 3.8) is 0 Å². The zero-order chi connectivity index (χ0) is 14.8. The normalized spacial score (nSPS) is 11.4. The van der Waals surface area contributed by atoms with Crippen molar-refractivity contribution in [2.45, 2.75) is 26.8 Å². The van der Waals surface area contributed by atoms with Gasteiger partial charge in [0.25, 0.3) is 5.56 Å². The molecule has 0 aliphatic heterocycles. The second-order valence-corrected chi connectivity index (χ2v) is 6.86. The van der Waals surface area contributed by atoms with Crippen LogP contribution < -0.4 is 5.56 Å². The van der Waals surface area contributed by atoms with E-state index >= 15 is 0 Å². The molecular weight excluding hydrogens is 278 g/mol. The maximum Gasteiger partial charge on any atom is 0.268 e. The van der Waals surface area contributed by atoms with Crippen molar-refractivity contribution in [2.75, 3.05) is 0 Å². The second-order valence-electron chi connectivity index (χ2n) is 5.80. The van der Waals surface area contributed by atoms with Crippen LogP contribution in [-0.4, -0.2) is 3.96 Å². The molecule has 0 atom stereocenters. The minimum atomic E-state index is 0.120. The molecule has 1 aromatic heterocycles. The number of aromatic nitrogens is 1. The molecule has 2 aromatic carbocycles. The van der Waals surface area contributed by atoms with Crippen LogP contribution in [0.15, 0.2) is 53.3 Å². The molecule has 0 radical (unpaired) electrons. The van der Waals surface area contributed by atoms with E-state index in [4.69, 9.17) is 0 Å². The molecule has 0 fully saturated rings. The number of fused-ring (bicyclic) bond motifs is 1. The Balaban J connectivity index is 1.99. The summed E-state index contributed by atoms with van der Waals surface area (Å²) < 4.78 is 2.92. The molecular formula is C18H19NOS. The first-order chi connectivity index (χ1) is 10.1. The SMILES string of the molecule is CC(C)Cc1ccccc1Cn1sc2ccccc2c1=O. The van der Waals surface area contributed by atoms with Crippen LogP contribution in [-0.2, 0) is 13.0 Å². The van der Waals surface area contributed by atoms with Crippen molar-refractivity contribution in [1.82, 2.24) is 3.96 Å². The van der Waals surface area contributed by atoms with Gasteiger partial charge in [0.05, 0.1) is 16.6 Å². The summed E-state index contributed by atoms with van der Waals surface area (Å²) in [5.41, 5.74) is 2.71. The van der Waals surface area contributed by atoms with E-state index in [1.54, 1.807) is 11.5 Å². The maximum atomic E-state index is 12.4. The van der Waals surface area contributed by atoms with Crippen molar-refractivity contribution in [2.24, 2.45) is 5.92 Å². The van der Waals surface area contributed by atoms with E-state index in [0.717, 1.165) is 16.5 Å². The van der Waals surface area contributed by atoms with Crippen LogP contribution in [0.4, 0.5) is 0 Å². The fourth-order valence-corrected chi connectivity index (χ4v) is 3.64. The summed E-state index contributed by atoms with van der Waals surface area (Å²) in [5.74, 6) is 0.616. The van der Waals surface area contributed by atoms with Gasteiger partial charge in [-0.1, -0.05) is 61.8 Å². The van der Waals surface area contributed by atoms with Crippen LogP contribution in [0.1, 0.15) is 25.0 Å². The van der Waals surface area contributed by atoms with Gasteiger partial charge in [-0.2, -0.15) is 0 Å². The molecule has 0 amide bonds. The van der Waals surface area contributed by atoms with Gasteiger partial charge < -0.3 is 0 Å². The minimum Gasteiger partial charge on any atom is -0.268 e. The van der Waals surface area contributed by atoms with Crippen LogP contribution in [0.5, 0.6) is 0 Å². The van der Waals surface area contributed by atoms with Gasteiger partial charge in [-0.15, -0.1) is 0 Å². The van der Waals surface area contributed by atoms with Gasteiger partial charge in [-0.05, 0) is 35.6 Å². The number of nitrogens with zero attached hydrogens (tertiary/aromatic N) is 1. The number of rotatable bonds is 4. The molecule has 0 aliphatic carbocycles. The largest absolute Gasteiger partial charge is 0.268 e. The highest BCUT2D eigenvalue weighted by molar-refractivity contribution is 7.13. The molecule has 0 unspecified atom stereocenters. The fraction of sp³-hybridized carbons (Fsp3) is 0.278. The number of benzene rings is 2. The Morgan fingerprint density at radius 3 is 2.38 bits per heavy atom. The van der Waals surface area contributed by atoms with Crippen LogP contribution >= 0.6 is 11.5 Å².